The van der Waals surface area contributed by atoms with Crippen LogP contribution in [-0.4, -0.2) is 29.4 Å². The molecule has 0 heterocycles. The summed E-state index contributed by atoms with van der Waals surface area (Å²) >= 11 is 0. The molecule has 1 atom stereocenters. The van der Waals surface area contributed by atoms with Crippen LogP contribution in [0.5, 0.6) is 5.75 Å². The first-order valence-corrected chi connectivity index (χ1v) is 8.03. The Morgan fingerprint density at radius 1 is 1.47 bits per heavy atom. The molecule has 108 valence electrons. The Balaban J connectivity index is 2.63. The van der Waals surface area contributed by atoms with Crippen molar-refractivity contribution in [3.63, 3.8) is 0 Å². The zero-order chi connectivity index (χ0) is 14.3. The van der Waals surface area contributed by atoms with Crippen molar-refractivity contribution in [1.29, 1.82) is 0 Å². The topological polar surface area (TPSA) is 64.3 Å². The van der Waals surface area contributed by atoms with Crippen molar-refractivity contribution in [2.45, 2.75) is 19.8 Å². The normalized spacial score (nSPS) is 12.2. The Hall–Kier alpha value is -1.30. The molecular weight excluding hydrogens is 267 g/mol. The van der Waals surface area contributed by atoms with Crippen LogP contribution in [0.25, 0.3) is 0 Å². The van der Waals surface area contributed by atoms with Gasteiger partial charge >= 0.3 is 0 Å². The van der Waals surface area contributed by atoms with Crippen molar-refractivity contribution >= 4 is 22.2 Å². The van der Waals surface area contributed by atoms with Crippen LogP contribution >= 0.6 is 0 Å². The van der Waals surface area contributed by atoms with Crippen molar-refractivity contribution in [2.75, 3.05) is 36.2 Å². The maximum Gasteiger partial charge on any atom is 0.167 e. The van der Waals surface area contributed by atoms with E-state index in [0.29, 0.717) is 30.3 Å². The van der Waals surface area contributed by atoms with E-state index in [2.05, 4.69) is 5.32 Å². The molecule has 0 aliphatic carbocycles. The van der Waals surface area contributed by atoms with Gasteiger partial charge in [0.1, 0.15) is 0 Å². The molecule has 0 saturated heterocycles. The zero-order valence-corrected chi connectivity index (χ0v) is 12.2. The van der Waals surface area contributed by atoms with Crippen LogP contribution < -0.4 is 15.8 Å². The average molecular weight is 288 g/mol. The van der Waals surface area contributed by atoms with Crippen molar-refractivity contribution in [3.05, 3.63) is 17.9 Å². The van der Waals surface area contributed by atoms with Crippen LogP contribution in [0, 0.1) is 5.82 Å². The van der Waals surface area contributed by atoms with Crippen LogP contribution in [0.2, 0.25) is 0 Å². The molecule has 0 amide bonds. The molecule has 4 nitrogen and oxygen atoms in total. The molecule has 0 aliphatic rings. The third-order valence-electron chi connectivity index (χ3n) is 2.49. The number of ether oxygens (including phenoxy) is 1. The number of halogens is 1. The van der Waals surface area contributed by atoms with Gasteiger partial charge < -0.3 is 15.8 Å². The van der Waals surface area contributed by atoms with Gasteiger partial charge in [-0.3, -0.25) is 4.21 Å². The van der Waals surface area contributed by atoms with Crippen LogP contribution in [0.15, 0.2) is 12.1 Å². The fourth-order valence-electron chi connectivity index (χ4n) is 1.54. The minimum atomic E-state index is -0.797. The monoisotopic (exact) mass is 288 g/mol. The lowest BCUT2D eigenvalue weighted by atomic mass is 10.2. The predicted molar refractivity (Wildman–Crippen MR) is 78.6 cm³/mol. The lowest BCUT2D eigenvalue weighted by Crippen LogP contribution is -2.08. The van der Waals surface area contributed by atoms with Gasteiger partial charge in [-0.15, -0.1) is 0 Å². The van der Waals surface area contributed by atoms with Gasteiger partial charge in [-0.05, 0) is 12.8 Å². The van der Waals surface area contributed by atoms with E-state index in [9.17, 15) is 8.60 Å². The molecule has 0 aromatic heterocycles. The standard InChI is InChI=1S/C13H21FN2O2S/c1-3-6-18-13-9-12(11(15)8-10(13)14)16-5-4-7-19(2)17/h8-9,16H,3-7,15H2,1-2H3. The third kappa shape index (κ3) is 5.46. The Bertz CT molecular complexity index is 441. The van der Waals surface area contributed by atoms with Crippen molar-refractivity contribution < 1.29 is 13.3 Å². The fourth-order valence-corrected chi connectivity index (χ4v) is 2.09. The van der Waals surface area contributed by atoms with Crippen LogP contribution in [0.3, 0.4) is 0 Å². The fraction of sp³-hybridized carbons (Fsp3) is 0.538. The summed E-state index contributed by atoms with van der Waals surface area (Å²) in [5, 5.41) is 3.11. The number of anilines is 2. The molecular formula is C13H21FN2O2S. The lowest BCUT2D eigenvalue weighted by Gasteiger charge is -2.12. The molecule has 0 saturated carbocycles. The molecule has 6 heteroatoms. The highest BCUT2D eigenvalue weighted by molar-refractivity contribution is 7.84. The summed E-state index contributed by atoms with van der Waals surface area (Å²) < 4.78 is 29.8. The smallest absolute Gasteiger partial charge is 0.167 e. The van der Waals surface area contributed by atoms with Gasteiger partial charge in [0.05, 0.1) is 18.0 Å². The molecule has 1 aromatic rings. The average Bonchev–Trinajstić information content (AvgIpc) is 2.35. The molecule has 0 radical (unpaired) electrons. The van der Waals surface area contributed by atoms with Gasteiger partial charge in [0, 0.05) is 41.5 Å². The summed E-state index contributed by atoms with van der Waals surface area (Å²) in [6, 6.07) is 2.83. The summed E-state index contributed by atoms with van der Waals surface area (Å²) in [6.45, 7) is 3.07. The molecule has 19 heavy (non-hydrogen) atoms. The van der Waals surface area contributed by atoms with Gasteiger partial charge in [0.15, 0.2) is 11.6 Å². The Morgan fingerprint density at radius 3 is 2.84 bits per heavy atom. The van der Waals surface area contributed by atoms with Crippen LogP contribution in [0.1, 0.15) is 19.8 Å². The maximum absolute atomic E-state index is 13.6. The largest absolute Gasteiger partial charge is 0.490 e. The number of nitrogen functional groups attached to an aromatic ring is 1. The Kier molecular flexibility index (Phi) is 6.62. The number of nitrogens with two attached hydrogens (primary N) is 1. The van der Waals surface area contributed by atoms with E-state index in [-0.39, 0.29) is 5.75 Å². The highest BCUT2D eigenvalue weighted by atomic mass is 32.2. The maximum atomic E-state index is 13.6. The third-order valence-corrected chi connectivity index (χ3v) is 3.35. The zero-order valence-electron chi connectivity index (χ0n) is 11.4. The molecule has 0 spiro atoms. The number of nitrogens with one attached hydrogen (secondary N) is 1. The molecule has 0 fully saturated rings. The first-order chi connectivity index (χ1) is 9.04. The van der Waals surface area contributed by atoms with Gasteiger partial charge in [-0.2, -0.15) is 0 Å². The van der Waals surface area contributed by atoms with Gasteiger partial charge in [-0.25, -0.2) is 4.39 Å². The highest BCUT2D eigenvalue weighted by Crippen LogP contribution is 2.28. The second-order valence-corrected chi connectivity index (χ2v) is 5.83. The van der Waals surface area contributed by atoms with Gasteiger partial charge in [0.2, 0.25) is 0 Å². The highest BCUT2D eigenvalue weighted by Gasteiger charge is 2.08. The van der Waals surface area contributed by atoms with E-state index in [1.165, 1.54) is 6.07 Å². The van der Waals surface area contributed by atoms with Gasteiger partial charge in [-0.1, -0.05) is 6.92 Å². The summed E-state index contributed by atoms with van der Waals surface area (Å²) in [6.07, 6.45) is 3.25. The molecule has 3 N–H and O–H groups in total. The van der Waals surface area contributed by atoms with Crippen molar-refractivity contribution in [3.8, 4) is 5.75 Å². The number of rotatable bonds is 8. The number of hydrogen-bond acceptors (Lipinski definition) is 4. The molecule has 1 rings (SSSR count). The molecule has 0 aliphatic heterocycles. The van der Waals surface area contributed by atoms with E-state index >= 15 is 0 Å². The summed E-state index contributed by atoms with van der Waals surface area (Å²) in [7, 11) is -0.797. The summed E-state index contributed by atoms with van der Waals surface area (Å²) in [5.41, 5.74) is 6.74. The van der Waals surface area contributed by atoms with E-state index < -0.39 is 16.6 Å². The number of benzene rings is 1. The number of hydrogen-bond donors (Lipinski definition) is 2. The van der Waals surface area contributed by atoms with E-state index in [4.69, 9.17) is 10.5 Å². The van der Waals surface area contributed by atoms with Crippen molar-refractivity contribution in [1.82, 2.24) is 0 Å². The predicted octanol–water partition coefficient (Wildman–Crippen LogP) is 2.38. The second kappa shape index (κ2) is 7.99. The quantitative estimate of drug-likeness (QED) is 0.569. The first-order valence-electron chi connectivity index (χ1n) is 6.30. The van der Waals surface area contributed by atoms with Gasteiger partial charge in [0.25, 0.3) is 0 Å². The lowest BCUT2D eigenvalue weighted by molar-refractivity contribution is 0.301. The van der Waals surface area contributed by atoms with E-state index in [0.717, 1.165) is 12.8 Å². The van der Waals surface area contributed by atoms with E-state index in [1.807, 2.05) is 6.92 Å². The first kappa shape index (κ1) is 15.8. The molecule has 1 unspecified atom stereocenters. The molecule has 1 aromatic carbocycles. The second-order valence-electron chi connectivity index (χ2n) is 4.28. The Labute approximate surface area is 116 Å². The summed E-state index contributed by atoms with van der Waals surface area (Å²) in [4.78, 5) is 0. The molecule has 0 bridgehead atoms. The van der Waals surface area contributed by atoms with Crippen LogP contribution in [0.4, 0.5) is 15.8 Å². The van der Waals surface area contributed by atoms with E-state index in [1.54, 1.807) is 12.3 Å². The minimum Gasteiger partial charge on any atom is -0.490 e. The Morgan fingerprint density at radius 2 is 2.21 bits per heavy atom. The van der Waals surface area contributed by atoms with Crippen LogP contribution in [-0.2, 0) is 10.8 Å². The minimum absolute atomic E-state index is 0.206. The van der Waals surface area contributed by atoms with Crippen molar-refractivity contribution in [2.24, 2.45) is 0 Å². The summed E-state index contributed by atoms with van der Waals surface area (Å²) in [5.74, 6) is 0.386. The SMILES string of the molecule is CCCOc1cc(NCCCS(C)=O)c(N)cc1F.